The minimum Gasteiger partial charge on any atom is -0.493 e. The molecule has 0 bridgehead atoms. The summed E-state index contributed by atoms with van der Waals surface area (Å²) in [6.07, 6.45) is 2.99. The lowest BCUT2D eigenvalue weighted by molar-refractivity contribution is -0.114. The SMILES string of the molecule is O=C(CNc1ccc(OCCc2ccccc2)cc1)Nc1ccc(C(=O)N2CCCC2)cc1. The van der Waals surface area contributed by atoms with Crippen LogP contribution in [0.1, 0.15) is 28.8 Å². The van der Waals surface area contributed by atoms with Crippen LogP contribution in [0.25, 0.3) is 0 Å². The summed E-state index contributed by atoms with van der Waals surface area (Å²) in [5, 5.41) is 5.96. The normalized spacial score (nSPS) is 12.9. The Morgan fingerprint density at radius 2 is 1.48 bits per heavy atom. The van der Waals surface area contributed by atoms with Gasteiger partial charge in [-0.2, -0.15) is 0 Å². The first kappa shape index (κ1) is 22.4. The number of benzene rings is 3. The molecule has 0 aliphatic carbocycles. The van der Waals surface area contributed by atoms with Crippen molar-refractivity contribution in [1.29, 1.82) is 0 Å². The summed E-state index contributed by atoms with van der Waals surface area (Å²) in [7, 11) is 0. The van der Waals surface area contributed by atoms with Crippen molar-refractivity contribution in [2.75, 3.05) is 36.9 Å². The summed E-state index contributed by atoms with van der Waals surface area (Å²) >= 11 is 0. The molecule has 3 aromatic carbocycles. The van der Waals surface area contributed by atoms with Crippen molar-refractivity contribution < 1.29 is 14.3 Å². The van der Waals surface area contributed by atoms with Gasteiger partial charge in [-0.3, -0.25) is 9.59 Å². The van der Waals surface area contributed by atoms with Gasteiger partial charge < -0.3 is 20.3 Å². The molecular weight excluding hydrogens is 414 g/mol. The Morgan fingerprint density at radius 1 is 0.818 bits per heavy atom. The minimum atomic E-state index is -0.156. The Kier molecular flexibility index (Phi) is 7.59. The maximum absolute atomic E-state index is 12.4. The van der Waals surface area contributed by atoms with Crippen LogP contribution < -0.4 is 15.4 Å². The number of likely N-dealkylation sites (tertiary alicyclic amines) is 1. The molecule has 4 rings (SSSR count). The second kappa shape index (κ2) is 11.2. The number of carbonyl (C=O) groups excluding carboxylic acids is 2. The molecule has 6 nitrogen and oxygen atoms in total. The first-order chi connectivity index (χ1) is 16.2. The van der Waals surface area contributed by atoms with E-state index in [4.69, 9.17) is 4.74 Å². The maximum atomic E-state index is 12.4. The van der Waals surface area contributed by atoms with Crippen molar-refractivity contribution in [3.8, 4) is 5.75 Å². The average Bonchev–Trinajstić information content (AvgIpc) is 3.39. The van der Waals surface area contributed by atoms with E-state index in [1.807, 2.05) is 47.4 Å². The lowest BCUT2D eigenvalue weighted by Gasteiger charge is -2.15. The van der Waals surface area contributed by atoms with Crippen LogP contribution in [-0.4, -0.2) is 43.0 Å². The molecule has 1 aliphatic rings. The van der Waals surface area contributed by atoms with E-state index in [9.17, 15) is 9.59 Å². The largest absolute Gasteiger partial charge is 0.493 e. The van der Waals surface area contributed by atoms with Crippen LogP contribution in [0, 0.1) is 0 Å². The molecule has 0 radical (unpaired) electrons. The number of amides is 2. The van der Waals surface area contributed by atoms with E-state index in [1.54, 1.807) is 24.3 Å². The van der Waals surface area contributed by atoms with Crippen molar-refractivity contribution in [2.24, 2.45) is 0 Å². The molecule has 2 amide bonds. The van der Waals surface area contributed by atoms with Crippen LogP contribution in [0.15, 0.2) is 78.9 Å². The first-order valence-electron chi connectivity index (χ1n) is 11.4. The minimum absolute atomic E-state index is 0.0551. The van der Waals surface area contributed by atoms with Gasteiger partial charge in [-0.25, -0.2) is 0 Å². The topological polar surface area (TPSA) is 70.7 Å². The van der Waals surface area contributed by atoms with Crippen LogP contribution in [0.2, 0.25) is 0 Å². The van der Waals surface area contributed by atoms with Gasteiger partial charge in [0.05, 0.1) is 13.2 Å². The van der Waals surface area contributed by atoms with Gasteiger partial charge in [0.15, 0.2) is 0 Å². The van der Waals surface area contributed by atoms with Gasteiger partial charge in [0.25, 0.3) is 5.91 Å². The molecule has 1 saturated heterocycles. The van der Waals surface area contributed by atoms with Gasteiger partial charge in [0.2, 0.25) is 5.91 Å². The fourth-order valence-electron chi connectivity index (χ4n) is 3.79. The van der Waals surface area contributed by atoms with Crippen LogP contribution in [0.5, 0.6) is 5.75 Å². The molecule has 0 saturated carbocycles. The van der Waals surface area contributed by atoms with Crippen LogP contribution in [0.4, 0.5) is 11.4 Å². The molecule has 1 heterocycles. The Balaban J connectivity index is 1.19. The Labute approximate surface area is 194 Å². The number of hydrogen-bond donors (Lipinski definition) is 2. The smallest absolute Gasteiger partial charge is 0.253 e. The van der Waals surface area contributed by atoms with Crippen LogP contribution in [-0.2, 0) is 11.2 Å². The van der Waals surface area contributed by atoms with Crippen molar-refractivity contribution >= 4 is 23.2 Å². The first-order valence-corrected chi connectivity index (χ1v) is 11.4. The summed E-state index contributed by atoms with van der Waals surface area (Å²) in [5.41, 5.74) is 3.41. The second-order valence-corrected chi connectivity index (χ2v) is 8.09. The van der Waals surface area contributed by atoms with Crippen molar-refractivity contribution in [3.05, 3.63) is 90.0 Å². The zero-order valence-corrected chi connectivity index (χ0v) is 18.6. The summed E-state index contributed by atoms with van der Waals surface area (Å²) in [6, 6.07) is 24.9. The zero-order valence-electron chi connectivity index (χ0n) is 18.6. The second-order valence-electron chi connectivity index (χ2n) is 8.09. The lowest BCUT2D eigenvalue weighted by Crippen LogP contribution is -2.27. The number of anilines is 2. The van der Waals surface area contributed by atoms with Gasteiger partial charge in [-0.1, -0.05) is 30.3 Å². The van der Waals surface area contributed by atoms with Gasteiger partial charge in [-0.15, -0.1) is 0 Å². The number of rotatable bonds is 9. The highest BCUT2D eigenvalue weighted by atomic mass is 16.5. The summed E-state index contributed by atoms with van der Waals surface area (Å²) in [6.45, 7) is 2.40. The Morgan fingerprint density at radius 3 is 2.18 bits per heavy atom. The van der Waals surface area contributed by atoms with E-state index >= 15 is 0 Å². The predicted octanol–water partition coefficient (Wildman–Crippen LogP) is 4.59. The van der Waals surface area contributed by atoms with E-state index in [2.05, 4.69) is 22.8 Å². The number of ether oxygens (including phenoxy) is 1. The van der Waals surface area contributed by atoms with Gasteiger partial charge in [0.1, 0.15) is 5.75 Å². The van der Waals surface area contributed by atoms with Gasteiger partial charge >= 0.3 is 0 Å². The Bertz CT molecular complexity index is 1040. The highest BCUT2D eigenvalue weighted by molar-refractivity contribution is 5.96. The Hall–Kier alpha value is -3.80. The zero-order chi connectivity index (χ0) is 22.9. The predicted molar refractivity (Wildman–Crippen MR) is 131 cm³/mol. The monoisotopic (exact) mass is 443 g/mol. The number of nitrogens with zero attached hydrogens (tertiary/aromatic N) is 1. The number of carbonyl (C=O) groups is 2. The molecule has 3 aromatic rings. The lowest BCUT2D eigenvalue weighted by atomic mass is 10.2. The molecule has 170 valence electrons. The van der Waals surface area contributed by atoms with Gasteiger partial charge in [-0.05, 0) is 66.9 Å². The fourth-order valence-corrected chi connectivity index (χ4v) is 3.79. The number of hydrogen-bond acceptors (Lipinski definition) is 4. The molecule has 0 spiro atoms. The van der Waals surface area contributed by atoms with E-state index in [1.165, 1.54) is 5.56 Å². The quantitative estimate of drug-likeness (QED) is 0.507. The van der Waals surface area contributed by atoms with Crippen LogP contribution in [0.3, 0.4) is 0 Å². The highest BCUT2D eigenvalue weighted by Gasteiger charge is 2.19. The molecule has 1 aliphatic heterocycles. The molecule has 0 atom stereocenters. The highest BCUT2D eigenvalue weighted by Crippen LogP contribution is 2.17. The molecule has 33 heavy (non-hydrogen) atoms. The molecular formula is C27H29N3O3. The molecule has 2 N–H and O–H groups in total. The van der Waals surface area contributed by atoms with E-state index in [0.717, 1.165) is 43.8 Å². The maximum Gasteiger partial charge on any atom is 0.253 e. The summed E-state index contributed by atoms with van der Waals surface area (Å²) < 4.78 is 5.79. The summed E-state index contributed by atoms with van der Waals surface area (Å²) in [4.78, 5) is 26.6. The van der Waals surface area contributed by atoms with E-state index < -0.39 is 0 Å². The van der Waals surface area contributed by atoms with Gasteiger partial charge in [0, 0.05) is 36.4 Å². The standard InChI is InChI=1S/C27H29N3O3/c31-26(29-24-10-8-22(9-11-24)27(32)30-17-4-5-18-30)20-28-23-12-14-25(15-13-23)33-19-16-21-6-2-1-3-7-21/h1-3,6-15,28H,4-5,16-20H2,(H,29,31). The number of nitrogens with one attached hydrogen (secondary N) is 2. The van der Waals surface area contributed by atoms with Crippen LogP contribution >= 0.6 is 0 Å². The third-order valence-corrected chi connectivity index (χ3v) is 5.62. The van der Waals surface area contributed by atoms with E-state index in [-0.39, 0.29) is 18.4 Å². The molecule has 1 fully saturated rings. The third kappa shape index (κ3) is 6.59. The van der Waals surface area contributed by atoms with Crippen molar-refractivity contribution in [2.45, 2.75) is 19.3 Å². The molecule has 6 heteroatoms. The van der Waals surface area contributed by atoms with Crippen molar-refractivity contribution in [3.63, 3.8) is 0 Å². The summed E-state index contributed by atoms with van der Waals surface area (Å²) in [5.74, 6) is 0.695. The van der Waals surface area contributed by atoms with Crippen molar-refractivity contribution in [1.82, 2.24) is 4.90 Å². The average molecular weight is 444 g/mol. The fraction of sp³-hybridized carbons (Fsp3) is 0.259. The molecule has 0 unspecified atom stereocenters. The third-order valence-electron chi connectivity index (χ3n) is 5.62. The molecule has 0 aromatic heterocycles. The van der Waals surface area contributed by atoms with E-state index in [0.29, 0.717) is 17.9 Å².